The van der Waals surface area contributed by atoms with Gasteiger partial charge < -0.3 is 20.5 Å². The molecule has 0 saturated carbocycles. The van der Waals surface area contributed by atoms with Crippen molar-refractivity contribution in [2.75, 3.05) is 25.5 Å². The number of rotatable bonds is 6. The number of para-hydroxylation sites is 1. The Hall–Kier alpha value is -3.32. The number of benzene rings is 2. The summed E-state index contributed by atoms with van der Waals surface area (Å²) in [5.41, 5.74) is 1.38. The van der Waals surface area contributed by atoms with E-state index in [0.29, 0.717) is 17.3 Å². The Kier molecular flexibility index (Phi) is 5.48. The number of carboxylic acid groups (broad SMARTS) is 1. The Labute approximate surface area is 169 Å². The van der Waals surface area contributed by atoms with Crippen LogP contribution in [0.2, 0.25) is 0 Å². The van der Waals surface area contributed by atoms with Gasteiger partial charge in [-0.1, -0.05) is 18.2 Å². The second kappa shape index (κ2) is 8.36. The number of hydrogen-bond acceptors (Lipinski definition) is 5. The molecular formula is C22H24N4O3. The van der Waals surface area contributed by atoms with Crippen LogP contribution < -0.4 is 15.4 Å². The molecule has 0 radical (unpaired) electrons. The number of nitrogens with zero attached hydrogens (tertiary/aromatic N) is 2. The summed E-state index contributed by atoms with van der Waals surface area (Å²) in [6.07, 6.45) is 2.00. The van der Waals surface area contributed by atoms with E-state index in [1.807, 2.05) is 59.3 Å². The van der Waals surface area contributed by atoms with E-state index in [4.69, 9.17) is 9.84 Å². The smallest absolute Gasteiger partial charge is 0.341 e. The third kappa shape index (κ3) is 3.95. The predicted octanol–water partition coefficient (Wildman–Crippen LogP) is 4.01. The summed E-state index contributed by atoms with van der Waals surface area (Å²) < 4.78 is 7.65. The molecule has 29 heavy (non-hydrogen) atoms. The highest BCUT2D eigenvalue weighted by molar-refractivity contribution is 6.00. The number of piperidine rings is 1. The van der Waals surface area contributed by atoms with Crippen LogP contribution in [0.15, 0.2) is 54.6 Å². The first kappa shape index (κ1) is 19.0. The summed E-state index contributed by atoms with van der Waals surface area (Å²) in [6.45, 7) is 1.76. The molecular weight excluding hydrogens is 368 g/mol. The molecule has 0 bridgehead atoms. The van der Waals surface area contributed by atoms with E-state index in [0.717, 1.165) is 37.2 Å². The maximum atomic E-state index is 12.0. The van der Waals surface area contributed by atoms with E-state index in [1.165, 1.54) is 0 Å². The molecule has 2 aromatic carbocycles. The van der Waals surface area contributed by atoms with Crippen molar-refractivity contribution < 1.29 is 14.6 Å². The molecule has 150 valence electrons. The van der Waals surface area contributed by atoms with Crippen LogP contribution in [-0.2, 0) is 0 Å². The summed E-state index contributed by atoms with van der Waals surface area (Å²) in [4.78, 5) is 12.0. The number of ether oxygens (including phenoxy) is 1. The molecule has 1 atom stereocenters. The Bertz CT molecular complexity index is 977. The SMILES string of the molecule is CNc1c(C(=O)O)c(-c2ccc(Oc3ccccc3)cc2)nn1[C@@H]1CCCNC1. The minimum atomic E-state index is -0.996. The summed E-state index contributed by atoms with van der Waals surface area (Å²) >= 11 is 0. The lowest BCUT2D eigenvalue weighted by molar-refractivity contribution is 0.0698. The molecule has 0 unspecified atom stereocenters. The van der Waals surface area contributed by atoms with Crippen LogP contribution in [0.3, 0.4) is 0 Å². The average Bonchev–Trinajstić information content (AvgIpc) is 3.16. The van der Waals surface area contributed by atoms with Crippen molar-refractivity contribution >= 4 is 11.8 Å². The van der Waals surface area contributed by atoms with E-state index in [1.54, 1.807) is 7.05 Å². The maximum absolute atomic E-state index is 12.0. The van der Waals surface area contributed by atoms with Crippen LogP contribution >= 0.6 is 0 Å². The first-order valence-electron chi connectivity index (χ1n) is 9.75. The molecule has 4 rings (SSSR count). The van der Waals surface area contributed by atoms with Crippen LogP contribution in [0.5, 0.6) is 11.5 Å². The van der Waals surface area contributed by atoms with Gasteiger partial charge in [-0.05, 0) is 55.8 Å². The minimum Gasteiger partial charge on any atom is -0.477 e. The number of hydrogen-bond donors (Lipinski definition) is 3. The number of carboxylic acids is 1. The monoisotopic (exact) mass is 392 g/mol. The highest BCUT2D eigenvalue weighted by Gasteiger charge is 2.28. The molecule has 1 aliphatic rings. The lowest BCUT2D eigenvalue weighted by Gasteiger charge is -2.24. The highest BCUT2D eigenvalue weighted by atomic mass is 16.5. The van der Waals surface area contributed by atoms with Crippen molar-refractivity contribution in [2.45, 2.75) is 18.9 Å². The minimum absolute atomic E-state index is 0.124. The van der Waals surface area contributed by atoms with E-state index in [9.17, 15) is 9.90 Å². The maximum Gasteiger partial charge on any atom is 0.341 e. The number of aromatic carboxylic acids is 1. The molecule has 0 spiro atoms. The highest BCUT2D eigenvalue weighted by Crippen LogP contribution is 2.33. The van der Waals surface area contributed by atoms with Gasteiger partial charge in [0.05, 0.1) is 6.04 Å². The molecule has 1 fully saturated rings. The Morgan fingerprint density at radius 2 is 1.90 bits per heavy atom. The van der Waals surface area contributed by atoms with Gasteiger partial charge >= 0.3 is 5.97 Å². The standard InChI is InChI=1S/C22H24N4O3/c1-23-21-19(22(27)28)20(25-26(21)16-6-5-13-24-14-16)15-9-11-18(12-10-15)29-17-7-3-2-4-8-17/h2-4,7-12,16,23-24H,5-6,13-14H2,1H3,(H,27,28)/t16-/m1/s1. The first-order chi connectivity index (χ1) is 14.2. The number of anilines is 1. The number of nitrogens with one attached hydrogen (secondary N) is 2. The number of aromatic nitrogens is 2. The van der Waals surface area contributed by atoms with Gasteiger partial charge in [0, 0.05) is 19.2 Å². The van der Waals surface area contributed by atoms with E-state index >= 15 is 0 Å². The van der Waals surface area contributed by atoms with E-state index in [2.05, 4.69) is 10.6 Å². The summed E-state index contributed by atoms with van der Waals surface area (Å²) in [7, 11) is 1.73. The van der Waals surface area contributed by atoms with Crippen LogP contribution in [0.4, 0.5) is 5.82 Å². The normalized spacial score (nSPS) is 16.4. The van der Waals surface area contributed by atoms with Gasteiger partial charge in [0.25, 0.3) is 0 Å². The summed E-state index contributed by atoms with van der Waals surface area (Å²) in [6, 6.07) is 17.0. The molecule has 1 aromatic heterocycles. The molecule has 1 saturated heterocycles. The fourth-order valence-electron chi connectivity index (χ4n) is 3.69. The third-order valence-corrected chi connectivity index (χ3v) is 5.08. The topological polar surface area (TPSA) is 88.4 Å². The zero-order chi connectivity index (χ0) is 20.2. The molecule has 0 aliphatic carbocycles. The third-order valence-electron chi connectivity index (χ3n) is 5.08. The van der Waals surface area contributed by atoms with Crippen molar-refractivity contribution in [2.24, 2.45) is 0 Å². The lowest BCUT2D eigenvalue weighted by Crippen LogP contribution is -2.32. The van der Waals surface area contributed by atoms with E-state index < -0.39 is 5.97 Å². The van der Waals surface area contributed by atoms with Crippen molar-refractivity contribution in [3.05, 3.63) is 60.2 Å². The van der Waals surface area contributed by atoms with Crippen molar-refractivity contribution in [1.82, 2.24) is 15.1 Å². The Morgan fingerprint density at radius 3 is 2.52 bits per heavy atom. The van der Waals surface area contributed by atoms with Crippen LogP contribution in [-0.4, -0.2) is 41.0 Å². The van der Waals surface area contributed by atoms with Crippen molar-refractivity contribution in [3.8, 4) is 22.8 Å². The van der Waals surface area contributed by atoms with Gasteiger partial charge in [0.15, 0.2) is 0 Å². The van der Waals surface area contributed by atoms with Gasteiger partial charge in [-0.15, -0.1) is 0 Å². The molecule has 7 nitrogen and oxygen atoms in total. The van der Waals surface area contributed by atoms with E-state index in [-0.39, 0.29) is 11.6 Å². The molecule has 3 N–H and O–H groups in total. The lowest BCUT2D eigenvalue weighted by atomic mass is 10.1. The van der Waals surface area contributed by atoms with Gasteiger partial charge in [0.2, 0.25) is 0 Å². The molecule has 1 aliphatic heterocycles. The Balaban J connectivity index is 1.68. The van der Waals surface area contributed by atoms with Crippen LogP contribution in [0.1, 0.15) is 29.2 Å². The summed E-state index contributed by atoms with van der Waals surface area (Å²) in [5.74, 6) is 0.967. The van der Waals surface area contributed by atoms with Gasteiger partial charge in [0.1, 0.15) is 28.6 Å². The Morgan fingerprint density at radius 1 is 1.17 bits per heavy atom. The zero-order valence-corrected chi connectivity index (χ0v) is 16.3. The molecule has 2 heterocycles. The second-order valence-electron chi connectivity index (χ2n) is 7.01. The second-order valence-corrected chi connectivity index (χ2v) is 7.01. The quantitative estimate of drug-likeness (QED) is 0.587. The van der Waals surface area contributed by atoms with Crippen molar-refractivity contribution in [1.29, 1.82) is 0 Å². The average molecular weight is 392 g/mol. The first-order valence-corrected chi connectivity index (χ1v) is 9.75. The largest absolute Gasteiger partial charge is 0.477 e. The fraction of sp³-hybridized carbons (Fsp3) is 0.273. The predicted molar refractivity (Wildman–Crippen MR) is 112 cm³/mol. The van der Waals surface area contributed by atoms with Gasteiger partial charge in [-0.25, -0.2) is 9.48 Å². The van der Waals surface area contributed by atoms with Crippen LogP contribution in [0.25, 0.3) is 11.3 Å². The van der Waals surface area contributed by atoms with Gasteiger partial charge in [-0.2, -0.15) is 5.10 Å². The van der Waals surface area contributed by atoms with Crippen LogP contribution in [0, 0.1) is 0 Å². The molecule has 7 heteroatoms. The fourth-order valence-corrected chi connectivity index (χ4v) is 3.69. The molecule has 0 amide bonds. The van der Waals surface area contributed by atoms with Gasteiger partial charge in [-0.3, -0.25) is 0 Å². The number of carbonyl (C=O) groups is 1. The zero-order valence-electron chi connectivity index (χ0n) is 16.3. The molecule has 3 aromatic rings. The summed E-state index contributed by atoms with van der Waals surface area (Å²) in [5, 5.41) is 21.0. The van der Waals surface area contributed by atoms with Crippen molar-refractivity contribution in [3.63, 3.8) is 0 Å².